The number of nitrogens with one attached hydrogen (secondary N) is 1. The molecule has 1 N–H and O–H groups in total. The van der Waals surface area contributed by atoms with Crippen LogP contribution in [0.1, 0.15) is 42.2 Å². The number of nitrogens with zero attached hydrogens (tertiary/aromatic N) is 1. The molecule has 0 radical (unpaired) electrons. The van der Waals surface area contributed by atoms with Gasteiger partial charge < -0.3 is 4.98 Å². The number of hydrogen-bond donors (Lipinski definition) is 1. The molecule has 3 nitrogen and oxygen atoms in total. The van der Waals surface area contributed by atoms with Crippen molar-refractivity contribution in [3.8, 4) is 11.3 Å². The van der Waals surface area contributed by atoms with E-state index in [0.717, 1.165) is 24.0 Å². The van der Waals surface area contributed by atoms with E-state index >= 15 is 0 Å². The van der Waals surface area contributed by atoms with Gasteiger partial charge in [0.05, 0.1) is 12.0 Å². The summed E-state index contributed by atoms with van der Waals surface area (Å²) in [6, 6.07) is 8.24. The Balaban J connectivity index is 2.32. The zero-order valence-corrected chi connectivity index (χ0v) is 10.1. The number of aromatic amines is 1. The predicted octanol–water partition coefficient (Wildman–Crippen LogP) is 3.40. The number of carbonyl (C=O) groups excluding carboxylic acids is 1. The molecule has 0 amide bonds. The molecule has 3 heteroatoms. The summed E-state index contributed by atoms with van der Waals surface area (Å²) in [6.07, 6.45) is 3.47. The highest BCUT2D eigenvalue weighted by Crippen LogP contribution is 2.24. The number of imidazole rings is 1. The Kier molecular flexibility index (Phi) is 3.38. The lowest BCUT2D eigenvalue weighted by Crippen LogP contribution is -1.91. The van der Waals surface area contributed by atoms with Gasteiger partial charge in [0.1, 0.15) is 5.69 Å². The molecular formula is C14H16N2O. The van der Waals surface area contributed by atoms with Crippen LogP contribution in [0.3, 0.4) is 0 Å². The van der Waals surface area contributed by atoms with Gasteiger partial charge in [-0.2, -0.15) is 0 Å². The summed E-state index contributed by atoms with van der Waals surface area (Å²) in [5, 5.41) is 0. The zero-order chi connectivity index (χ0) is 12.3. The first-order valence-electron chi connectivity index (χ1n) is 5.85. The van der Waals surface area contributed by atoms with Gasteiger partial charge in [0.15, 0.2) is 6.29 Å². The fourth-order valence-corrected chi connectivity index (χ4v) is 1.83. The highest BCUT2D eigenvalue weighted by molar-refractivity contribution is 5.83. The third kappa shape index (κ3) is 2.28. The lowest BCUT2D eigenvalue weighted by Gasteiger charge is -2.09. The van der Waals surface area contributed by atoms with Crippen LogP contribution in [0.4, 0.5) is 0 Å². The van der Waals surface area contributed by atoms with Gasteiger partial charge in [-0.3, -0.25) is 4.79 Å². The molecule has 0 spiro atoms. The monoisotopic (exact) mass is 228 g/mol. The van der Waals surface area contributed by atoms with Gasteiger partial charge in [0, 0.05) is 5.56 Å². The molecule has 0 aliphatic heterocycles. The van der Waals surface area contributed by atoms with E-state index in [9.17, 15) is 4.79 Å². The molecule has 0 fully saturated rings. The molecule has 1 heterocycles. The van der Waals surface area contributed by atoms with Crippen LogP contribution in [0.2, 0.25) is 0 Å². The van der Waals surface area contributed by atoms with E-state index in [4.69, 9.17) is 0 Å². The predicted molar refractivity (Wildman–Crippen MR) is 68.1 cm³/mol. The summed E-state index contributed by atoms with van der Waals surface area (Å²) in [5.41, 5.74) is 3.54. The molecule has 2 aromatic rings. The Morgan fingerprint density at radius 3 is 2.65 bits per heavy atom. The highest BCUT2D eigenvalue weighted by Gasteiger charge is 2.08. The van der Waals surface area contributed by atoms with Gasteiger partial charge in [0.2, 0.25) is 0 Å². The van der Waals surface area contributed by atoms with Crippen LogP contribution in [0.25, 0.3) is 11.3 Å². The maximum atomic E-state index is 10.8. The average molecular weight is 228 g/mol. The minimum absolute atomic E-state index is 0.529. The molecule has 88 valence electrons. The number of carbonyl (C=O) groups is 1. The fraction of sp³-hybridized carbons (Fsp3) is 0.286. The normalized spacial score (nSPS) is 12.4. The molecule has 17 heavy (non-hydrogen) atoms. The van der Waals surface area contributed by atoms with Gasteiger partial charge in [-0.15, -0.1) is 0 Å². The van der Waals surface area contributed by atoms with E-state index in [-0.39, 0.29) is 0 Å². The lowest BCUT2D eigenvalue weighted by molar-refractivity contribution is 0.112. The number of rotatable bonds is 4. The summed E-state index contributed by atoms with van der Waals surface area (Å²) in [4.78, 5) is 17.8. The van der Waals surface area contributed by atoms with Crippen molar-refractivity contribution in [3.63, 3.8) is 0 Å². The molecule has 1 aromatic carbocycles. The second-order valence-corrected chi connectivity index (χ2v) is 4.21. The smallest absolute Gasteiger partial charge is 0.168 e. The van der Waals surface area contributed by atoms with E-state index < -0.39 is 0 Å². The first kappa shape index (κ1) is 11.6. The maximum absolute atomic E-state index is 10.8. The van der Waals surface area contributed by atoms with E-state index in [1.807, 2.05) is 12.1 Å². The summed E-state index contributed by atoms with van der Waals surface area (Å²) in [5.74, 6) is 0.564. The summed E-state index contributed by atoms with van der Waals surface area (Å²) >= 11 is 0. The number of hydrogen-bond acceptors (Lipinski definition) is 2. The number of aldehydes is 1. The van der Waals surface area contributed by atoms with Crippen LogP contribution >= 0.6 is 0 Å². The Morgan fingerprint density at radius 2 is 2.06 bits per heavy atom. The molecule has 2 rings (SSSR count). The molecule has 0 bridgehead atoms. The van der Waals surface area contributed by atoms with Crippen molar-refractivity contribution < 1.29 is 4.79 Å². The van der Waals surface area contributed by atoms with Crippen LogP contribution in [0.5, 0.6) is 0 Å². The van der Waals surface area contributed by atoms with Crippen LogP contribution in [0, 0.1) is 0 Å². The van der Waals surface area contributed by atoms with Crippen LogP contribution in [-0.2, 0) is 0 Å². The molecule has 1 atom stereocenters. The molecule has 0 saturated carbocycles. The van der Waals surface area contributed by atoms with Crippen molar-refractivity contribution in [1.29, 1.82) is 0 Å². The van der Waals surface area contributed by atoms with E-state index in [0.29, 0.717) is 11.6 Å². The third-order valence-corrected chi connectivity index (χ3v) is 3.15. The largest absolute Gasteiger partial charge is 0.342 e. The highest BCUT2D eigenvalue weighted by atomic mass is 16.1. The van der Waals surface area contributed by atoms with Gasteiger partial charge in [-0.25, -0.2) is 4.98 Å². The SMILES string of the molecule is CCC(C)c1ccc(-c2nc[nH]c2C=O)cc1. The maximum Gasteiger partial charge on any atom is 0.168 e. The molecule has 0 aliphatic carbocycles. The second-order valence-electron chi connectivity index (χ2n) is 4.21. The van der Waals surface area contributed by atoms with Crippen molar-refractivity contribution in [2.75, 3.05) is 0 Å². The van der Waals surface area contributed by atoms with Gasteiger partial charge >= 0.3 is 0 Å². The van der Waals surface area contributed by atoms with E-state index in [1.54, 1.807) is 6.33 Å². The third-order valence-electron chi connectivity index (χ3n) is 3.15. The van der Waals surface area contributed by atoms with Crippen LogP contribution in [0.15, 0.2) is 30.6 Å². The minimum atomic E-state index is 0.529. The Bertz CT molecular complexity index is 499. The summed E-state index contributed by atoms with van der Waals surface area (Å²) < 4.78 is 0. The lowest BCUT2D eigenvalue weighted by atomic mass is 9.97. The Morgan fingerprint density at radius 1 is 1.35 bits per heavy atom. The topological polar surface area (TPSA) is 45.8 Å². The summed E-state index contributed by atoms with van der Waals surface area (Å²) in [7, 11) is 0. The second kappa shape index (κ2) is 4.95. The van der Waals surface area contributed by atoms with Crippen molar-refractivity contribution in [1.82, 2.24) is 9.97 Å². The number of H-pyrrole nitrogens is 1. The minimum Gasteiger partial charge on any atom is -0.342 e. The van der Waals surface area contributed by atoms with Crippen molar-refractivity contribution in [2.24, 2.45) is 0 Å². The van der Waals surface area contributed by atoms with Gasteiger partial charge in [-0.05, 0) is 17.9 Å². The van der Waals surface area contributed by atoms with E-state index in [2.05, 4.69) is 35.9 Å². The number of aromatic nitrogens is 2. The van der Waals surface area contributed by atoms with E-state index in [1.165, 1.54) is 5.56 Å². The molecular weight excluding hydrogens is 212 g/mol. The van der Waals surface area contributed by atoms with Gasteiger partial charge in [-0.1, -0.05) is 38.1 Å². The molecule has 1 unspecified atom stereocenters. The Labute approximate surface area is 101 Å². The van der Waals surface area contributed by atoms with Crippen molar-refractivity contribution >= 4 is 6.29 Å². The summed E-state index contributed by atoms with van der Waals surface area (Å²) in [6.45, 7) is 4.39. The van der Waals surface area contributed by atoms with Crippen LogP contribution in [-0.4, -0.2) is 16.3 Å². The van der Waals surface area contributed by atoms with Crippen molar-refractivity contribution in [3.05, 3.63) is 41.9 Å². The molecule has 1 aromatic heterocycles. The van der Waals surface area contributed by atoms with Crippen LogP contribution < -0.4 is 0 Å². The number of benzene rings is 1. The fourth-order valence-electron chi connectivity index (χ4n) is 1.83. The first-order chi connectivity index (χ1) is 8.26. The first-order valence-corrected chi connectivity index (χ1v) is 5.85. The standard InChI is InChI=1S/C14H16N2O/c1-3-10(2)11-4-6-12(7-5-11)14-13(8-17)15-9-16-14/h4-10H,3H2,1-2H3,(H,15,16). The zero-order valence-electron chi connectivity index (χ0n) is 10.1. The quantitative estimate of drug-likeness (QED) is 0.815. The molecule has 0 aliphatic rings. The van der Waals surface area contributed by atoms with Gasteiger partial charge in [0.25, 0.3) is 0 Å². The van der Waals surface area contributed by atoms with Crippen molar-refractivity contribution in [2.45, 2.75) is 26.2 Å². The average Bonchev–Trinajstić information content (AvgIpc) is 2.86. The Hall–Kier alpha value is -1.90. The molecule has 0 saturated heterocycles.